The van der Waals surface area contributed by atoms with E-state index in [1.165, 1.54) is 6.07 Å². The molecule has 0 fully saturated rings. The number of ether oxygens (including phenoxy) is 1. The van der Waals surface area contributed by atoms with Gasteiger partial charge in [0, 0.05) is 12.6 Å². The molecule has 0 saturated carbocycles. The topological polar surface area (TPSA) is 146 Å². The average Bonchev–Trinajstić information content (AvgIpc) is 3.11. The number of hydrogen-bond acceptors (Lipinski definition) is 8. The average molecular weight is 422 g/mol. The van der Waals surface area contributed by atoms with E-state index < -0.39 is 6.09 Å². The highest BCUT2D eigenvalue weighted by Crippen LogP contribution is 2.29. The smallest absolute Gasteiger partial charge is 0.411 e. The molecule has 0 spiro atoms. The third kappa shape index (κ3) is 3.92. The molecule has 4 aromatic rings. The molecule has 3 heterocycles. The number of aromatic nitrogens is 5. The van der Waals surface area contributed by atoms with Gasteiger partial charge in [-0.15, -0.1) is 0 Å². The molecule has 4 rings (SSSR count). The predicted molar refractivity (Wildman–Crippen MR) is 113 cm³/mol. The zero-order valence-electron chi connectivity index (χ0n) is 16.5. The second kappa shape index (κ2) is 8.22. The summed E-state index contributed by atoms with van der Waals surface area (Å²) in [6, 6.07) is 9.96. The monoisotopic (exact) mass is 422 g/mol. The van der Waals surface area contributed by atoms with Crippen LogP contribution in [0.4, 0.5) is 26.5 Å². The molecule has 1 amide bonds. The van der Waals surface area contributed by atoms with Crippen molar-refractivity contribution in [1.82, 2.24) is 24.6 Å². The van der Waals surface area contributed by atoms with Crippen LogP contribution in [0.15, 0.2) is 42.6 Å². The van der Waals surface area contributed by atoms with Crippen molar-refractivity contribution in [3.05, 3.63) is 59.8 Å². The zero-order chi connectivity index (χ0) is 22.0. The van der Waals surface area contributed by atoms with E-state index in [0.29, 0.717) is 22.6 Å². The second-order valence-corrected chi connectivity index (χ2v) is 6.50. The standard InChI is InChI=1S/C20H19FN8O2/c1-2-31-20(30)26-16-17(22)27-19(28-18(16)23)15-13-8-5-9-24-29(13)14(25-15)10-11-6-3-4-7-12(11)21/h3-9H,2,10H2,1H3,(H,26,30)(H4,22,23,27,28). The van der Waals surface area contributed by atoms with Crippen LogP contribution in [-0.4, -0.2) is 37.3 Å². The van der Waals surface area contributed by atoms with Gasteiger partial charge in [0.2, 0.25) is 0 Å². The van der Waals surface area contributed by atoms with Gasteiger partial charge in [-0.2, -0.15) is 5.10 Å². The molecular formula is C20H19FN8O2. The Morgan fingerprint density at radius 1 is 1.13 bits per heavy atom. The number of carbonyl (C=O) groups is 1. The van der Waals surface area contributed by atoms with Gasteiger partial charge >= 0.3 is 6.09 Å². The molecule has 0 bridgehead atoms. The molecule has 0 unspecified atom stereocenters. The Morgan fingerprint density at radius 3 is 2.58 bits per heavy atom. The minimum atomic E-state index is -0.721. The Hall–Kier alpha value is -4.28. The van der Waals surface area contributed by atoms with Crippen molar-refractivity contribution in [2.45, 2.75) is 13.3 Å². The van der Waals surface area contributed by atoms with Crippen molar-refractivity contribution in [1.29, 1.82) is 0 Å². The number of nitrogens with zero attached hydrogens (tertiary/aromatic N) is 5. The number of carbonyl (C=O) groups excluding carboxylic acids is 1. The molecule has 5 N–H and O–H groups in total. The number of anilines is 3. The fraction of sp³-hybridized carbons (Fsp3) is 0.150. The minimum Gasteiger partial charge on any atom is -0.450 e. The number of amides is 1. The third-order valence-electron chi connectivity index (χ3n) is 4.46. The van der Waals surface area contributed by atoms with Gasteiger partial charge < -0.3 is 16.2 Å². The molecule has 0 saturated heterocycles. The van der Waals surface area contributed by atoms with Crippen LogP contribution in [0.5, 0.6) is 0 Å². The number of rotatable bonds is 5. The van der Waals surface area contributed by atoms with Crippen molar-refractivity contribution < 1.29 is 13.9 Å². The van der Waals surface area contributed by atoms with Gasteiger partial charge in [0.1, 0.15) is 23.0 Å². The van der Waals surface area contributed by atoms with E-state index in [1.807, 2.05) is 0 Å². The van der Waals surface area contributed by atoms with E-state index in [1.54, 1.807) is 48.0 Å². The fourth-order valence-electron chi connectivity index (χ4n) is 3.08. The molecule has 0 radical (unpaired) electrons. The number of nitrogen functional groups attached to an aromatic ring is 2. The number of fused-ring (bicyclic) bond motifs is 1. The van der Waals surface area contributed by atoms with Gasteiger partial charge in [0.15, 0.2) is 17.5 Å². The Morgan fingerprint density at radius 2 is 1.87 bits per heavy atom. The minimum absolute atomic E-state index is 0.0451. The van der Waals surface area contributed by atoms with E-state index >= 15 is 0 Å². The summed E-state index contributed by atoms with van der Waals surface area (Å²) in [7, 11) is 0. The van der Waals surface area contributed by atoms with Crippen LogP contribution in [0, 0.1) is 5.82 Å². The van der Waals surface area contributed by atoms with E-state index in [2.05, 4.69) is 25.4 Å². The Kier molecular flexibility index (Phi) is 5.31. The first-order valence-corrected chi connectivity index (χ1v) is 9.41. The number of nitrogens with one attached hydrogen (secondary N) is 1. The normalized spacial score (nSPS) is 10.9. The van der Waals surface area contributed by atoms with E-state index in [0.717, 1.165) is 0 Å². The third-order valence-corrected chi connectivity index (χ3v) is 4.46. The molecule has 31 heavy (non-hydrogen) atoms. The molecule has 0 aliphatic heterocycles. The van der Waals surface area contributed by atoms with Gasteiger partial charge in [-0.05, 0) is 30.7 Å². The van der Waals surface area contributed by atoms with Crippen molar-refractivity contribution in [3.8, 4) is 11.5 Å². The predicted octanol–water partition coefficient (Wildman–Crippen LogP) is 2.65. The molecule has 3 aromatic heterocycles. The number of benzene rings is 1. The molecule has 0 aliphatic rings. The molecule has 0 atom stereocenters. The highest BCUT2D eigenvalue weighted by atomic mass is 19.1. The maximum atomic E-state index is 14.2. The molecular weight excluding hydrogens is 403 g/mol. The summed E-state index contributed by atoms with van der Waals surface area (Å²) in [6.07, 6.45) is 1.08. The second-order valence-electron chi connectivity index (χ2n) is 6.50. The Labute approximate surface area is 176 Å². The van der Waals surface area contributed by atoms with Crippen molar-refractivity contribution in [2.24, 2.45) is 0 Å². The number of halogens is 1. The fourth-order valence-corrected chi connectivity index (χ4v) is 3.08. The summed E-state index contributed by atoms with van der Waals surface area (Å²) in [4.78, 5) is 24.8. The number of hydrogen-bond donors (Lipinski definition) is 3. The van der Waals surface area contributed by atoms with Gasteiger partial charge in [0.05, 0.1) is 12.1 Å². The van der Waals surface area contributed by atoms with Gasteiger partial charge in [-0.3, -0.25) is 5.32 Å². The lowest BCUT2D eigenvalue weighted by Crippen LogP contribution is -2.17. The summed E-state index contributed by atoms with van der Waals surface area (Å²) < 4.78 is 20.6. The van der Waals surface area contributed by atoms with Crippen molar-refractivity contribution in [2.75, 3.05) is 23.4 Å². The van der Waals surface area contributed by atoms with E-state index in [4.69, 9.17) is 16.2 Å². The lowest BCUT2D eigenvalue weighted by atomic mass is 10.1. The summed E-state index contributed by atoms with van der Waals surface area (Å²) in [5, 5.41) is 6.74. The van der Waals surface area contributed by atoms with Gasteiger partial charge in [-0.25, -0.2) is 28.7 Å². The summed E-state index contributed by atoms with van der Waals surface area (Å²) >= 11 is 0. The first kappa shape index (κ1) is 20.0. The first-order valence-electron chi connectivity index (χ1n) is 9.41. The molecule has 0 aliphatic carbocycles. The van der Waals surface area contributed by atoms with Crippen molar-refractivity contribution >= 4 is 28.9 Å². The highest BCUT2D eigenvalue weighted by Gasteiger charge is 2.20. The van der Waals surface area contributed by atoms with Gasteiger partial charge in [0.25, 0.3) is 0 Å². The number of nitrogens with two attached hydrogens (primary N) is 2. The van der Waals surface area contributed by atoms with E-state index in [-0.39, 0.29) is 42.0 Å². The maximum Gasteiger partial charge on any atom is 0.411 e. The van der Waals surface area contributed by atoms with Crippen LogP contribution in [0.3, 0.4) is 0 Å². The lowest BCUT2D eigenvalue weighted by Gasteiger charge is -2.10. The van der Waals surface area contributed by atoms with E-state index in [9.17, 15) is 9.18 Å². The summed E-state index contributed by atoms with van der Waals surface area (Å²) in [6.45, 7) is 1.85. The molecule has 10 nitrogen and oxygen atoms in total. The SMILES string of the molecule is CCOC(=O)Nc1c(N)nc(-c2nc(Cc3ccccc3F)n3ncccc23)nc1N. The van der Waals surface area contributed by atoms with Crippen LogP contribution in [0.1, 0.15) is 18.3 Å². The highest BCUT2D eigenvalue weighted by molar-refractivity contribution is 5.93. The van der Waals surface area contributed by atoms with Crippen LogP contribution in [0.2, 0.25) is 0 Å². The first-order chi connectivity index (χ1) is 15.0. The van der Waals surface area contributed by atoms with Crippen LogP contribution in [-0.2, 0) is 11.2 Å². The zero-order valence-corrected chi connectivity index (χ0v) is 16.5. The van der Waals surface area contributed by atoms with Gasteiger partial charge in [-0.1, -0.05) is 18.2 Å². The van der Waals surface area contributed by atoms with Crippen LogP contribution < -0.4 is 16.8 Å². The largest absolute Gasteiger partial charge is 0.450 e. The Balaban J connectivity index is 1.77. The summed E-state index contributed by atoms with van der Waals surface area (Å²) in [5.74, 6) is 0.211. The maximum absolute atomic E-state index is 14.2. The molecule has 1 aromatic carbocycles. The lowest BCUT2D eigenvalue weighted by molar-refractivity contribution is 0.168. The van der Waals surface area contributed by atoms with Crippen molar-refractivity contribution in [3.63, 3.8) is 0 Å². The number of imidazole rings is 1. The molecule has 11 heteroatoms. The quantitative estimate of drug-likeness (QED) is 0.445. The molecule has 158 valence electrons. The Bertz CT molecular complexity index is 1250. The van der Waals surface area contributed by atoms with Crippen LogP contribution in [0.25, 0.3) is 17.0 Å². The van der Waals surface area contributed by atoms with Crippen LogP contribution >= 0.6 is 0 Å². The summed E-state index contributed by atoms with van der Waals surface area (Å²) in [5.41, 5.74) is 13.5.